The van der Waals surface area contributed by atoms with Gasteiger partial charge in [0, 0.05) is 0 Å². The molecule has 0 aliphatic heterocycles. The predicted octanol–water partition coefficient (Wildman–Crippen LogP) is 1.23. The van der Waals surface area contributed by atoms with E-state index in [2.05, 4.69) is 5.32 Å². The van der Waals surface area contributed by atoms with Crippen molar-refractivity contribution >= 4 is 11.9 Å². The molecule has 5 heteroatoms. The van der Waals surface area contributed by atoms with Gasteiger partial charge in [-0.1, -0.05) is 12.1 Å². The van der Waals surface area contributed by atoms with Gasteiger partial charge in [0.1, 0.15) is 11.3 Å². The predicted molar refractivity (Wildman–Crippen MR) is 64.3 cm³/mol. The average molecular weight is 249 g/mol. The van der Waals surface area contributed by atoms with Crippen molar-refractivity contribution in [1.82, 2.24) is 5.32 Å². The minimum absolute atomic E-state index is 0.135. The molecular formula is C13H15NO4. The first-order chi connectivity index (χ1) is 8.44. The van der Waals surface area contributed by atoms with Gasteiger partial charge < -0.3 is 15.5 Å². The molecule has 1 aromatic rings. The summed E-state index contributed by atoms with van der Waals surface area (Å²) in [4.78, 5) is 22.9. The van der Waals surface area contributed by atoms with Gasteiger partial charge in [-0.2, -0.15) is 0 Å². The van der Waals surface area contributed by atoms with E-state index in [0.29, 0.717) is 12.8 Å². The van der Waals surface area contributed by atoms with Crippen molar-refractivity contribution in [2.24, 2.45) is 0 Å². The molecule has 1 amide bonds. The summed E-state index contributed by atoms with van der Waals surface area (Å²) in [5.74, 6) is -1.59. The van der Waals surface area contributed by atoms with Gasteiger partial charge in [0.25, 0.3) is 0 Å². The highest BCUT2D eigenvalue weighted by Gasteiger charge is 2.52. The minimum atomic E-state index is -1.05. The Balaban J connectivity index is 2.05. The molecule has 96 valence electrons. The fraction of sp³-hybridized carbons (Fsp3) is 0.385. The van der Waals surface area contributed by atoms with E-state index in [1.807, 2.05) is 0 Å². The first-order valence-corrected chi connectivity index (χ1v) is 5.79. The first-order valence-electron chi connectivity index (χ1n) is 5.79. The molecule has 2 rings (SSSR count). The van der Waals surface area contributed by atoms with Gasteiger partial charge in [-0.05, 0) is 37.5 Å². The third-order valence-corrected chi connectivity index (χ3v) is 3.31. The second-order valence-corrected chi connectivity index (χ2v) is 4.69. The Kier molecular flexibility index (Phi) is 2.98. The summed E-state index contributed by atoms with van der Waals surface area (Å²) in [6.45, 7) is 1.71. The summed E-state index contributed by atoms with van der Waals surface area (Å²) in [6.07, 6.45) is 0.965. The van der Waals surface area contributed by atoms with Gasteiger partial charge in [0.15, 0.2) is 0 Å². The van der Waals surface area contributed by atoms with Crippen LogP contribution in [0.2, 0.25) is 0 Å². The quantitative estimate of drug-likeness (QED) is 0.749. The molecule has 0 bridgehead atoms. The lowest BCUT2D eigenvalue weighted by Crippen LogP contribution is -2.44. The maximum absolute atomic E-state index is 12.0. The number of rotatable bonds is 4. The van der Waals surface area contributed by atoms with Crippen molar-refractivity contribution in [3.63, 3.8) is 0 Å². The van der Waals surface area contributed by atoms with Crippen LogP contribution in [0.15, 0.2) is 24.3 Å². The van der Waals surface area contributed by atoms with Crippen LogP contribution < -0.4 is 5.32 Å². The van der Waals surface area contributed by atoms with Gasteiger partial charge in [-0.25, -0.2) is 4.79 Å². The average Bonchev–Trinajstić information content (AvgIpc) is 3.10. The lowest BCUT2D eigenvalue weighted by Gasteiger charge is -2.17. The van der Waals surface area contributed by atoms with E-state index < -0.39 is 17.4 Å². The number of aliphatic carboxylic acids is 1. The van der Waals surface area contributed by atoms with Gasteiger partial charge in [-0.3, -0.25) is 4.79 Å². The van der Waals surface area contributed by atoms with E-state index >= 15 is 0 Å². The number of hydrogen-bond donors (Lipinski definition) is 3. The molecule has 0 spiro atoms. The first kappa shape index (κ1) is 12.4. The summed E-state index contributed by atoms with van der Waals surface area (Å²) < 4.78 is 0. The van der Waals surface area contributed by atoms with Gasteiger partial charge in [-0.15, -0.1) is 0 Å². The second-order valence-electron chi connectivity index (χ2n) is 4.69. The third-order valence-electron chi connectivity index (χ3n) is 3.31. The Hall–Kier alpha value is -2.04. The summed E-state index contributed by atoms with van der Waals surface area (Å²) in [6, 6.07) is 6.31. The smallest absolute Gasteiger partial charge is 0.329 e. The molecule has 1 atom stereocenters. The highest BCUT2D eigenvalue weighted by atomic mass is 16.4. The molecule has 0 aromatic heterocycles. The van der Waals surface area contributed by atoms with Crippen molar-refractivity contribution in [2.45, 2.75) is 31.2 Å². The zero-order valence-corrected chi connectivity index (χ0v) is 10.0. The number of aromatic hydroxyl groups is 1. The van der Waals surface area contributed by atoms with Crippen LogP contribution in [0.1, 0.15) is 31.2 Å². The Morgan fingerprint density at radius 3 is 2.28 bits per heavy atom. The van der Waals surface area contributed by atoms with Gasteiger partial charge >= 0.3 is 5.97 Å². The largest absolute Gasteiger partial charge is 0.508 e. The molecule has 1 fully saturated rings. The Morgan fingerprint density at radius 1 is 1.28 bits per heavy atom. The van der Waals surface area contributed by atoms with Crippen molar-refractivity contribution in [1.29, 1.82) is 0 Å². The zero-order chi connectivity index (χ0) is 13.3. The molecule has 5 nitrogen and oxygen atoms in total. The minimum Gasteiger partial charge on any atom is -0.508 e. The maximum atomic E-state index is 12.0. The van der Waals surface area contributed by atoms with Crippen LogP contribution in [0.4, 0.5) is 0 Å². The molecule has 1 aliphatic carbocycles. The van der Waals surface area contributed by atoms with E-state index in [9.17, 15) is 9.59 Å². The van der Waals surface area contributed by atoms with Crippen LogP contribution in [-0.4, -0.2) is 27.6 Å². The normalized spacial score (nSPS) is 17.8. The molecule has 0 radical (unpaired) electrons. The molecule has 1 saturated carbocycles. The number of nitrogens with one attached hydrogen (secondary N) is 1. The summed E-state index contributed by atoms with van der Waals surface area (Å²) in [5.41, 5.74) is -0.311. The maximum Gasteiger partial charge on any atom is 0.329 e. The monoisotopic (exact) mass is 249 g/mol. The van der Waals surface area contributed by atoms with Crippen LogP contribution in [0.25, 0.3) is 0 Å². The fourth-order valence-electron chi connectivity index (χ4n) is 1.78. The fourth-order valence-corrected chi connectivity index (χ4v) is 1.78. The van der Waals surface area contributed by atoms with E-state index in [-0.39, 0.29) is 11.7 Å². The van der Waals surface area contributed by atoms with E-state index in [4.69, 9.17) is 10.2 Å². The van der Waals surface area contributed by atoms with E-state index in [1.165, 1.54) is 12.1 Å². The highest BCUT2D eigenvalue weighted by Crippen LogP contribution is 2.36. The molecule has 18 heavy (non-hydrogen) atoms. The lowest BCUT2D eigenvalue weighted by atomic mass is 9.99. The van der Waals surface area contributed by atoms with Crippen molar-refractivity contribution in [2.75, 3.05) is 0 Å². The number of carbonyl (C=O) groups is 2. The van der Waals surface area contributed by atoms with Gasteiger partial charge in [0.2, 0.25) is 5.91 Å². The number of carbonyl (C=O) groups excluding carboxylic acids is 1. The van der Waals surface area contributed by atoms with E-state index in [1.54, 1.807) is 19.1 Å². The topological polar surface area (TPSA) is 86.6 Å². The number of amides is 1. The number of hydrogen-bond acceptors (Lipinski definition) is 3. The number of phenols is 1. The molecule has 1 aliphatic rings. The van der Waals surface area contributed by atoms with Crippen molar-refractivity contribution < 1.29 is 19.8 Å². The van der Waals surface area contributed by atoms with Gasteiger partial charge in [0.05, 0.1) is 5.92 Å². The Morgan fingerprint density at radius 2 is 1.83 bits per heavy atom. The van der Waals surface area contributed by atoms with Crippen molar-refractivity contribution in [3.05, 3.63) is 29.8 Å². The SMILES string of the molecule is C[C@@H](C(=O)NC1(C(=O)O)CC1)c1ccc(O)cc1. The standard InChI is InChI=1S/C13H15NO4/c1-8(9-2-4-10(15)5-3-9)11(16)14-13(6-7-13)12(17)18/h2-5,8,15H,6-7H2,1H3,(H,14,16)(H,17,18)/t8-/m1/s1. The van der Waals surface area contributed by atoms with Crippen LogP contribution in [-0.2, 0) is 9.59 Å². The van der Waals surface area contributed by atoms with Crippen LogP contribution >= 0.6 is 0 Å². The molecule has 0 unspecified atom stereocenters. The van der Waals surface area contributed by atoms with E-state index in [0.717, 1.165) is 5.56 Å². The Bertz CT molecular complexity index is 476. The number of benzene rings is 1. The lowest BCUT2D eigenvalue weighted by molar-refractivity contribution is -0.143. The number of carboxylic acids is 1. The van der Waals surface area contributed by atoms with Crippen molar-refractivity contribution in [3.8, 4) is 5.75 Å². The summed E-state index contributed by atoms with van der Waals surface area (Å²) in [5, 5.41) is 20.7. The second kappa shape index (κ2) is 4.33. The number of phenolic OH excluding ortho intramolecular Hbond substituents is 1. The summed E-state index contributed by atoms with van der Waals surface area (Å²) >= 11 is 0. The third kappa shape index (κ3) is 2.30. The molecule has 3 N–H and O–H groups in total. The molecule has 1 aromatic carbocycles. The molecule has 0 saturated heterocycles. The van der Waals surface area contributed by atoms with Crippen LogP contribution in [0.5, 0.6) is 5.75 Å². The number of carboxylic acid groups (broad SMARTS) is 1. The van der Waals surface area contributed by atoms with Crippen LogP contribution in [0, 0.1) is 0 Å². The highest BCUT2D eigenvalue weighted by molar-refractivity contribution is 5.92. The zero-order valence-electron chi connectivity index (χ0n) is 10.0. The van der Waals surface area contributed by atoms with Crippen LogP contribution in [0.3, 0.4) is 0 Å². The molecular weight excluding hydrogens is 234 g/mol. The summed E-state index contributed by atoms with van der Waals surface area (Å²) in [7, 11) is 0. The molecule has 0 heterocycles. The Labute approximate surface area is 104 Å².